The third kappa shape index (κ3) is 5.40. The molecule has 0 amide bonds. The van der Waals surface area contributed by atoms with Crippen LogP contribution in [0.25, 0.3) is 133 Å². The summed E-state index contributed by atoms with van der Waals surface area (Å²) in [4.78, 5) is 2.68. The van der Waals surface area contributed by atoms with Gasteiger partial charge >= 0.3 is 0 Å². The van der Waals surface area contributed by atoms with Crippen molar-refractivity contribution in [2.24, 2.45) is 0 Å². The van der Waals surface area contributed by atoms with Crippen LogP contribution in [0, 0.1) is 0 Å². The third-order valence-corrected chi connectivity index (χ3v) is 16.2. The number of thiophene rings is 2. The summed E-state index contributed by atoms with van der Waals surface area (Å²) in [6.07, 6.45) is 11.0. The van der Waals surface area contributed by atoms with Crippen LogP contribution in [-0.2, 0) is 6.42 Å². The molecule has 1 aliphatic rings. The smallest absolute Gasteiger partial charge is 0.0555 e. The predicted octanol–water partition coefficient (Wildman–Crippen LogP) is 17.3. The topological polar surface area (TPSA) is 14.8 Å². The van der Waals surface area contributed by atoms with Gasteiger partial charge in [-0.2, -0.15) is 0 Å². The maximum Gasteiger partial charge on any atom is 0.0555 e. The highest BCUT2D eigenvalue weighted by Gasteiger charge is 2.24. The Hall–Kier alpha value is -7.70. The first-order valence-corrected chi connectivity index (χ1v) is 24.0. The molecule has 306 valence electrons. The quantitative estimate of drug-likeness (QED) is 0.158. The molecule has 14 rings (SSSR count). The number of aromatic nitrogens is 3. The first-order chi connectivity index (χ1) is 32.2. The van der Waals surface area contributed by atoms with Crippen molar-refractivity contribution in [3.8, 4) is 16.8 Å². The molecule has 0 radical (unpaired) electrons. The normalized spacial score (nSPS) is 13.2. The predicted molar refractivity (Wildman–Crippen MR) is 284 cm³/mol. The summed E-state index contributed by atoms with van der Waals surface area (Å²) >= 11 is 3.81. The summed E-state index contributed by atoms with van der Waals surface area (Å²) in [7, 11) is 0. The van der Waals surface area contributed by atoms with Gasteiger partial charge in [-0.1, -0.05) is 128 Å². The van der Waals surface area contributed by atoms with Crippen LogP contribution in [0.3, 0.4) is 0 Å². The van der Waals surface area contributed by atoms with Gasteiger partial charge < -0.3 is 13.7 Å². The van der Waals surface area contributed by atoms with Gasteiger partial charge in [0.2, 0.25) is 0 Å². The maximum atomic E-state index is 4.31. The Kier molecular flexibility index (Phi) is 8.00. The van der Waals surface area contributed by atoms with E-state index in [0.717, 1.165) is 18.5 Å². The Bertz CT molecular complexity index is 4110. The van der Waals surface area contributed by atoms with Gasteiger partial charge in [0.15, 0.2) is 0 Å². The Labute approximate surface area is 382 Å². The lowest BCUT2D eigenvalue weighted by Gasteiger charge is -2.17. The largest absolute Gasteiger partial charge is 0.316 e. The van der Waals surface area contributed by atoms with Crippen LogP contribution in [0.5, 0.6) is 0 Å². The molecule has 65 heavy (non-hydrogen) atoms. The number of fused-ring (bicyclic) bond motifs is 14. The molecule has 1 aliphatic carbocycles. The summed E-state index contributed by atoms with van der Waals surface area (Å²) in [5.74, 6) is 0. The highest BCUT2D eigenvalue weighted by Crippen LogP contribution is 2.47. The minimum atomic E-state index is 1.01. The summed E-state index contributed by atoms with van der Waals surface area (Å²) in [5, 5.41) is 10.4. The van der Waals surface area contributed by atoms with Crippen LogP contribution in [0.4, 0.5) is 0 Å². The number of hydrogen-bond donors (Lipinski definition) is 0. The molecule has 0 saturated carbocycles. The second-order valence-electron chi connectivity index (χ2n) is 17.2. The lowest BCUT2D eigenvalue weighted by atomic mass is 9.99. The molecule has 13 aromatic rings. The Morgan fingerprint density at radius 1 is 0.477 bits per heavy atom. The molecular formula is C60H39N3S2. The fourth-order valence-electron chi connectivity index (χ4n) is 10.9. The maximum absolute atomic E-state index is 4.31. The number of benzene rings is 8. The third-order valence-electron chi connectivity index (χ3n) is 13.8. The number of rotatable bonds is 6. The molecule has 8 aromatic carbocycles. The van der Waals surface area contributed by atoms with E-state index in [-0.39, 0.29) is 0 Å². The summed E-state index contributed by atoms with van der Waals surface area (Å²) in [6.45, 7) is 4.31. The van der Waals surface area contributed by atoms with E-state index in [1.54, 1.807) is 0 Å². The molecule has 0 saturated heterocycles. The van der Waals surface area contributed by atoms with E-state index in [9.17, 15) is 0 Å². The molecule has 5 heteroatoms. The van der Waals surface area contributed by atoms with E-state index < -0.39 is 0 Å². The van der Waals surface area contributed by atoms with Gasteiger partial charge in [0.05, 0.1) is 33.1 Å². The molecule has 0 atom stereocenters. The summed E-state index contributed by atoms with van der Waals surface area (Å²) < 4.78 is 9.92. The van der Waals surface area contributed by atoms with E-state index in [1.807, 2.05) is 28.7 Å². The Balaban J connectivity index is 0.867. The molecule has 0 spiro atoms. The number of allylic oxidation sites excluding steroid dienone is 1. The van der Waals surface area contributed by atoms with Gasteiger partial charge in [-0.05, 0) is 108 Å². The average Bonchev–Trinajstić information content (AvgIpc) is 4.16. The number of hydrogen-bond acceptors (Lipinski definition) is 2. The first kappa shape index (κ1) is 36.8. The van der Waals surface area contributed by atoms with E-state index in [0.29, 0.717) is 0 Å². The van der Waals surface area contributed by atoms with Crippen LogP contribution >= 0.6 is 22.7 Å². The van der Waals surface area contributed by atoms with Gasteiger partial charge in [-0.15, -0.1) is 22.7 Å². The number of aryl methyl sites for hydroxylation is 1. The van der Waals surface area contributed by atoms with Crippen molar-refractivity contribution in [2.75, 3.05) is 0 Å². The fourth-order valence-corrected chi connectivity index (χ4v) is 13.3. The van der Waals surface area contributed by atoms with Crippen LogP contribution in [0.1, 0.15) is 27.3 Å². The fraction of sp³-hybridized carbons (Fsp3) is 0.0333. The van der Waals surface area contributed by atoms with E-state index in [1.165, 1.54) is 123 Å². The van der Waals surface area contributed by atoms with Crippen LogP contribution < -0.4 is 0 Å². The van der Waals surface area contributed by atoms with Crippen molar-refractivity contribution >= 4 is 138 Å². The standard InChI is InChI=1S/C60H39N3S2/c1-2-41-48-35-38(26-30-56(48)64-58(41)32-33-61-50-21-8-3-16-42(50)43-17-4-9-22-51(43)61)37-14-13-15-39(34-37)63-54-25-12-7-20-47(54)59-55(63)29-28-46-49-36-40(27-31-57(49)65-60(46)59)62-52-23-10-5-18-44(52)45-19-6-11-24-53(45)62/h2-26,28-30,32-36H,1,27,31H2/b33-32-. The summed E-state index contributed by atoms with van der Waals surface area (Å²) in [6, 6.07) is 64.7. The molecule has 3 nitrogen and oxygen atoms in total. The van der Waals surface area contributed by atoms with Gasteiger partial charge in [-0.3, -0.25) is 0 Å². The van der Waals surface area contributed by atoms with E-state index in [2.05, 4.69) is 215 Å². The van der Waals surface area contributed by atoms with Gasteiger partial charge in [-0.25, -0.2) is 0 Å². The lowest BCUT2D eigenvalue weighted by molar-refractivity contribution is 0.968. The minimum absolute atomic E-state index is 1.01. The van der Waals surface area contributed by atoms with Crippen LogP contribution in [-0.4, -0.2) is 13.7 Å². The van der Waals surface area contributed by atoms with Crippen molar-refractivity contribution in [2.45, 2.75) is 12.8 Å². The Morgan fingerprint density at radius 2 is 1.09 bits per heavy atom. The first-order valence-electron chi connectivity index (χ1n) is 22.3. The average molecular weight is 866 g/mol. The SMILES string of the molecule is C=Cc1c(/C=C\n2c3ccccc3c3ccccc32)sc2ccc(-c3cccc(-n4c5ccccc5c5c6sc7c(c6ccc54)C=C(n4c5ccccc5c5ccccc54)CC7)c3)cc12. The van der Waals surface area contributed by atoms with Crippen molar-refractivity contribution < 1.29 is 0 Å². The highest BCUT2D eigenvalue weighted by atomic mass is 32.1. The second kappa shape index (κ2) is 14.2. The van der Waals surface area contributed by atoms with Crippen molar-refractivity contribution in [3.63, 3.8) is 0 Å². The van der Waals surface area contributed by atoms with Crippen LogP contribution in [0.2, 0.25) is 0 Å². The van der Waals surface area contributed by atoms with Crippen molar-refractivity contribution in [1.82, 2.24) is 13.7 Å². The summed E-state index contributed by atoms with van der Waals surface area (Å²) in [5.41, 5.74) is 14.9. The van der Waals surface area contributed by atoms with Crippen molar-refractivity contribution in [1.29, 1.82) is 0 Å². The van der Waals surface area contributed by atoms with Gasteiger partial charge in [0, 0.05) is 79.8 Å². The van der Waals surface area contributed by atoms with Crippen LogP contribution in [0.15, 0.2) is 183 Å². The molecule has 0 fully saturated rings. The lowest BCUT2D eigenvalue weighted by Crippen LogP contribution is -2.02. The van der Waals surface area contributed by atoms with Gasteiger partial charge in [0.25, 0.3) is 0 Å². The monoisotopic (exact) mass is 865 g/mol. The van der Waals surface area contributed by atoms with E-state index in [4.69, 9.17) is 0 Å². The number of nitrogens with zero attached hydrogens (tertiary/aromatic N) is 3. The second-order valence-corrected chi connectivity index (χ2v) is 19.4. The molecular weight excluding hydrogens is 827 g/mol. The molecule has 5 aromatic heterocycles. The van der Waals surface area contributed by atoms with Gasteiger partial charge in [0.1, 0.15) is 0 Å². The zero-order chi connectivity index (χ0) is 42.8. The zero-order valence-electron chi connectivity index (χ0n) is 35.3. The molecule has 0 bridgehead atoms. The molecule has 5 heterocycles. The molecule has 0 N–H and O–H groups in total. The zero-order valence-corrected chi connectivity index (χ0v) is 37.0. The number of para-hydroxylation sites is 5. The minimum Gasteiger partial charge on any atom is -0.316 e. The van der Waals surface area contributed by atoms with Crippen molar-refractivity contribution in [3.05, 3.63) is 203 Å². The molecule has 0 unspecified atom stereocenters. The Morgan fingerprint density at radius 3 is 1.78 bits per heavy atom. The highest BCUT2D eigenvalue weighted by molar-refractivity contribution is 7.20. The van der Waals surface area contributed by atoms with E-state index >= 15 is 0 Å². The molecule has 0 aliphatic heterocycles.